The van der Waals surface area contributed by atoms with Crippen LogP contribution in [0.5, 0.6) is 0 Å². The molecule has 2 amide bonds. The van der Waals surface area contributed by atoms with E-state index in [2.05, 4.69) is 15.1 Å². The van der Waals surface area contributed by atoms with Gasteiger partial charge in [0.05, 0.1) is 12.7 Å². The Morgan fingerprint density at radius 3 is 2.38 bits per heavy atom. The molecule has 1 N–H and O–H groups in total. The molecule has 0 aliphatic heterocycles. The first kappa shape index (κ1) is 19.4. The van der Waals surface area contributed by atoms with E-state index in [1.165, 1.54) is 25.4 Å². The minimum Gasteiger partial charge on any atom is -0.465 e. The van der Waals surface area contributed by atoms with E-state index in [9.17, 15) is 14.4 Å². The van der Waals surface area contributed by atoms with Gasteiger partial charge in [-0.2, -0.15) is 0 Å². The van der Waals surface area contributed by atoms with Crippen molar-refractivity contribution < 1.29 is 23.9 Å². The van der Waals surface area contributed by atoms with Gasteiger partial charge in [0.2, 0.25) is 0 Å². The second-order valence-electron chi connectivity index (χ2n) is 6.00. The normalized spacial score (nSPS) is 10.7. The van der Waals surface area contributed by atoms with E-state index in [0.717, 1.165) is 5.01 Å². The minimum atomic E-state index is -0.672. The van der Waals surface area contributed by atoms with Gasteiger partial charge in [-0.15, -0.1) is 0 Å². The number of rotatable bonds is 4. The molecule has 0 aromatic carbocycles. The summed E-state index contributed by atoms with van der Waals surface area (Å²) >= 11 is 0. The third-order valence-electron chi connectivity index (χ3n) is 2.71. The van der Waals surface area contributed by atoms with Crippen LogP contribution in [-0.2, 0) is 9.47 Å². The lowest BCUT2D eigenvalue weighted by molar-refractivity contribution is 0.0132. The third-order valence-corrected chi connectivity index (χ3v) is 2.71. The molecule has 0 fully saturated rings. The van der Waals surface area contributed by atoms with E-state index >= 15 is 0 Å². The van der Waals surface area contributed by atoms with Gasteiger partial charge in [-0.05, 0) is 39.3 Å². The molecule has 1 rings (SSSR count). The van der Waals surface area contributed by atoms with Crippen LogP contribution in [0, 0.1) is 0 Å². The average molecular weight is 337 g/mol. The fraction of sp³-hybridized carbons (Fsp3) is 0.500. The highest BCUT2D eigenvalue weighted by Crippen LogP contribution is 2.10. The molecule has 8 heteroatoms. The zero-order valence-electron chi connectivity index (χ0n) is 14.6. The van der Waals surface area contributed by atoms with Gasteiger partial charge in [-0.25, -0.2) is 14.6 Å². The highest BCUT2D eigenvalue weighted by atomic mass is 16.6. The number of hydrogen-bond acceptors (Lipinski definition) is 6. The fourth-order valence-corrected chi connectivity index (χ4v) is 1.68. The van der Waals surface area contributed by atoms with Crippen molar-refractivity contribution in [3.8, 4) is 0 Å². The van der Waals surface area contributed by atoms with Gasteiger partial charge < -0.3 is 9.47 Å². The molecule has 8 nitrogen and oxygen atoms in total. The average Bonchev–Trinajstić information content (AvgIpc) is 2.52. The molecule has 0 atom stereocenters. The molecule has 0 aliphatic rings. The summed E-state index contributed by atoms with van der Waals surface area (Å²) in [7, 11) is 1.26. The second-order valence-corrected chi connectivity index (χ2v) is 6.00. The van der Waals surface area contributed by atoms with Gasteiger partial charge in [0.15, 0.2) is 0 Å². The molecule has 24 heavy (non-hydrogen) atoms. The lowest BCUT2D eigenvalue weighted by Gasteiger charge is -2.27. The van der Waals surface area contributed by atoms with Crippen LogP contribution in [0.25, 0.3) is 0 Å². The Kier molecular flexibility index (Phi) is 6.69. The molecule has 0 saturated carbocycles. The number of esters is 1. The quantitative estimate of drug-likeness (QED) is 0.668. The standard InChI is InChI=1S/C16H23N3O5/c1-6-9-19(15(22)24-16(2,3)4)18-13(20)12-8-7-11(10-17-12)14(21)23-5/h7-8,10H,6,9H2,1-5H3,(H,18,20). The predicted octanol–water partition coefficient (Wildman–Crippen LogP) is 2.16. The Balaban J connectivity index is 2.81. The van der Waals surface area contributed by atoms with Crippen molar-refractivity contribution in [1.82, 2.24) is 15.4 Å². The third kappa shape index (κ3) is 5.86. The van der Waals surface area contributed by atoms with Gasteiger partial charge >= 0.3 is 12.1 Å². The number of pyridine rings is 1. The maximum atomic E-state index is 12.2. The Labute approximate surface area is 141 Å². The number of methoxy groups -OCH3 is 1. The largest absolute Gasteiger partial charge is 0.465 e. The number of nitrogens with one attached hydrogen (secondary N) is 1. The topological polar surface area (TPSA) is 97.8 Å². The summed E-state index contributed by atoms with van der Waals surface area (Å²) in [5, 5.41) is 1.10. The van der Waals surface area contributed by atoms with Crippen molar-refractivity contribution >= 4 is 18.0 Å². The molecule has 0 unspecified atom stereocenters. The minimum absolute atomic E-state index is 0.0623. The summed E-state index contributed by atoms with van der Waals surface area (Å²) in [6, 6.07) is 2.80. The lowest BCUT2D eigenvalue weighted by Crippen LogP contribution is -2.48. The van der Waals surface area contributed by atoms with Crippen molar-refractivity contribution in [2.75, 3.05) is 13.7 Å². The highest BCUT2D eigenvalue weighted by Gasteiger charge is 2.24. The van der Waals surface area contributed by atoms with Crippen molar-refractivity contribution in [3.63, 3.8) is 0 Å². The van der Waals surface area contributed by atoms with Gasteiger partial charge in [-0.3, -0.25) is 15.2 Å². The smallest absolute Gasteiger partial charge is 0.429 e. The highest BCUT2D eigenvalue weighted by molar-refractivity contribution is 5.94. The number of carbonyl (C=O) groups is 3. The van der Waals surface area contributed by atoms with Crippen molar-refractivity contribution in [2.45, 2.75) is 39.7 Å². The number of nitrogens with zero attached hydrogens (tertiary/aromatic N) is 2. The Bertz CT molecular complexity index is 593. The SMILES string of the molecule is CCCN(NC(=O)c1ccc(C(=O)OC)cn1)C(=O)OC(C)(C)C. The molecule has 0 aliphatic carbocycles. The van der Waals surface area contributed by atoms with E-state index in [1.54, 1.807) is 20.8 Å². The van der Waals surface area contributed by atoms with Gasteiger partial charge in [-0.1, -0.05) is 6.92 Å². The summed E-state index contributed by atoms with van der Waals surface area (Å²) < 4.78 is 9.81. The van der Waals surface area contributed by atoms with Crippen LogP contribution in [0.15, 0.2) is 18.3 Å². The number of carbonyl (C=O) groups excluding carboxylic acids is 3. The summed E-state index contributed by atoms with van der Waals surface area (Å²) in [5.41, 5.74) is 2.08. The monoisotopic (exact) mass is 337 g/mol. The van der Waals surface area contributed by atoms with E-state index in [4.69, 9.17) is 4.74 Å². The molecule has 0 radical (unpaired) electrons. The first-order valence-corrected chi connectivity index (χ1v) is 7.53. The summed E-state index contributed by atoms with van der Waals surface area (Å²) in [4.78, 5) is 39.6. The molecule has 1 aromatic rings. The molecule has 1 heterocycles. The van der Waals surface area contributed by atoms with Crippen LogP contribution in [0.1, 0.15) is 55.0 Å². The Morgan fingerprint density at radius 2 is 1.92 bits per heavy atom. The van der Waals surface area contributed by atoms with Crippen LogP contribution >= 0.6 is 0 Å². The van der Waals surface area contributed by atoms with Crippen LogP contribution in [0.4, 0.5) is 4.79 Å². The van der Waals surface area contributed by atoms with Crippen LogP contribution in [-0.4, -0.2) is 47.2 Å². The maximum Gasteiger partial charge on any atom is 0.429 e. The fourth-order valence-electron chi connectivity index (χ4n) is 1.68. The van der Waals surface area contributed by atoms with Crippen LogP contribution < -0.4 is 5.43 Å². The van der Waals surface area contributed by atoms with E-state index in [1.807, 2.05) is 6.92 Å². The second kappa shape index (κ2) is 8.28. The van der Waals surface area contributed by atoms with E-state index in [-0.39, 0.29) is 11.3 Å². The number of hydrazine groups is 1. The van der Waals surface area contributed by atoms with Gasteiger partial charge in [0, 0.05) is 12.7 Å². The molecular weight excluding hydrogens is 314 g/mol. The molecule has 0 bridgehead atoms. The summed E-state index contributed by atoms with van der Waals surface area (Å²) in [6.07, 6.45) is 1.22. The van der Waals surface area contributed by atoms with Gasteiger partial charge in [0.25, 0.3) is 5.91 Å². The Hall–Kier alpha value is -2.64. The molecular formula is C16H23N3O5. The lowest BCUT2D eigenvalue weighted by atomic mass is 10.2. The number of hydrogen-bond donors (Lipinski definition) is 1. The summed E-state index contributed by atoms with van der Waals surface area (Å²) in [6.45, 7) is 7.38. The van der Waals surface area contributed by atoms with Crippen molar-refractivity contribution in [1.29, 1.82) is 0 Å². The Morgan fingerprint density at radius 1 is 1.25 bits per heavy atom. The van der Waals surface area contributed by atoms with Crippen LogP contribution in [0.2, 0.25) is 0 Å². The summed E-state index contributed by atoms with van der Waals surface area (Å²) in [5.74, 6) is -1.12. The van der Waals surface area contributed by atoms with E-state index < -0.39 is 23.6 Å². The molecule has 1 aromatic heterocycles. The maximum absolute atomic E-state index is 12.2. The first-order valence-electron chi connectivity index (χ1n) is 7.53. The zero-order valence-corrected chi connectivity index (χ0v) is 14.6. The molecule has 132 valence electrons. The van der Waals surface area contributed by atoms with Crippen LogP contribution in [0.3, 0.4) is 0 Å². The number of aromatic nitrogens is 1. The molecule has 0 spiro atoms. The first-order chi connectivity index (χ1) is 11.2. The van der Waals surface area contributed by atoms with Crippen molar-refractivity contribution in [3.05, 3.63) is 29.6 Å². The number of amides is 2. The van der Waals surface area contributed by atoms with Gasteiger partial charge in [0.1, 0.15) is 11.3 Å². The van der Waals surface area contributed by atoms with Crippen molar-refractivity contribution in [2.24, 2.45) is 0 Å². The molecule has 0 saturated heterocycles. The predicted molar refractivity (Wildman–Crippen MR) is 86.3 cm³/mol. The van der Waals surface area contributed by atoms with E-state index in [0.29, 0.717) is 13.0 Å². The zero-order chi connectivity index (χ0) is 18.3. The number of ether oxygens (including phenoxy) is 2.